The quantitative estimate of drug-likeness (QED) is 0.871. The Balaban J connectivity index is 1.93. The van der Waals surface area contributed by atoms with Crippen LogP contribution in [0.5, 0.6) is 11.5 Å². The van der Waals surface area contributed by atoms with Crippen LogP contribution in [0.2, 0.25) is 0 Å². The molecular weight excluding hydrogens is 252 g/mol. The van der Waals surface area contributed by atoms with Crippen molar-refractivity contribution >= 4 is 0 Å². The van der Waals surface area contributed by atoms with Crippen molar-refractivity contribution in [1.29, 1.82) is 0 Å². The average molecular weight is 272 g/mol. The van der Waals surface area contributed by atoms with Crippen LogP contribution >= 0.6 is 0 Å². The highest BCUT2D eigenvalue weighted by Gasteiger charge is 2.04. The second-order valence-corrected chi connectivity index (χ2v) is 4.63. The Morgan fingerprint density at radius 3 is 2.10 bits per heavy atom. The Bertz CT molecular complexity index is 517. The van der Waals surface area contributed by atoms with Crippen molar-refractivity contribution in [2.45, 2.75) is 26.1 Å². The van der Waals surface area contributed by atoms with E-state index < -0.39 is 6.10 Å². The lowest BCUT2D eigenvalue weighted by Crippen LogP contribution is -1.97. The number of aliphatic hydroxyl groups excluding tert-OH is 1. The first-order valence-electron chi connectivity index (χ1n) is 6.76. The summed E-state index contributed by atoms with van der Waals surface area (Å²) in [6.07, 6.45) is 0.317. The van der Waals surface area contributed by atoms with Crippen LogP contribution < -0.4 is 9.47 Å². The van der Waals surface area contributed by atoms with Gasteiger partial charge in [-0.3, -0.25) is 0 Å². The second kappa shape index (κ2) is 6.96. The maximum atomic E-state index is 9.72. The van der Waals surface area contributed by atoms with Crippen LogP contribution in [-0.2, 0) is 6.61 Å². The zero-order valence-electron chi connectivity index (χ0n) is 11.9. The molecule has 2 aromatic carbocycles. The van der Waals surface area contributed by atoms with Crippen molar-refractivity contribution in [2.75, 3.05) is 7.11 Å². The van der Waals surface area contributed by atoms with Crippen LogP contribution in [0.15, 0.2) is 48.5 Å². The molecule has 0 aromatic heterocycles. The van der Waals surface area contributed by atoms with Gasteiger partial charge in [0, 0.05) is 0 Å². The fourth-order valence-electron chi connectivity index (χ4n) is 1.91. The monoisotopic (exact) mass is 272 g/mol. The molecule has 3 nitrogen and oxygen atoms in total. The molecule has 0 fully saturated rings. The molecule has 20 heavy (non-hydrogen) atoms. The molecule has 0 aliphatic carbocycles. The van der Waals surface area contributed by atoms with Gasteiger partial charge in [0.2, 0.25) is 0 Å². The average Bonchev–Trinajstić information content (AvgIpc) is 2.53. The number of ether oxygens (including phenoxy) is 2. The van der Waals surface area contributed by atoms with Gasteiger partial charge < -0.3 is 14.6 Å². The zero-order valence-corrected chi connectivity index (χ0v) is 11.9. The van der Waals surface area contributed by atoms with Gasteiger partial charge in [-0.15, -0.1) is 0 Å². The number of benzene rings is 2. The molecule has 0 aliphatic heterocycles. The molecule has 0 heterocycles. The maximum Gasteiger partial charge on any atom is 0.119 e. The largest absolute Gasteiger partial charge is 0.497 e. The van der Waals surface area contributed by atoms with E-state index in [2.05, 4.69) is 0 Å². The highest BCUT2D eigenvalue weighted by Crippen LogP contribution is 2.21. The van der Waals surface area contributed by atoms with E-state index >= 15 is 0 Å². The van der Waals surface area contributed by atoms with Crippen molar-refractivity contribution in [3.63, 3.8) is 0 Å². The van der Waals surface area contributed by atoms with Crippen molar-refractivity contribution in [1.82, 2.24) is 0 Å². The van der Waals surface area contributed by atoms with Gasteiger partial charge in [0.25, 0.3) is 0 Å². The molecular formula is C17H20O3. The molecule has 2 aromatic rings. The Labute approximate surface area is 119 Å². The van der Waals surface area contributed by atoms with E-state index in [1.54, 1.807) is 7.11 Å². The fourth-order valence-corrected chi connectivity index (χ4v) is 1.91. The van der Waals surface area contributed by atoms with Gasteiger partial charge in [-0.25, -0.2) is 0 Å². The van der Waals surface area contributed by atoms with Crippen LogP contribution in [0.1, 0.15) is 30.6 Å². The van der Waals surface area contributed by atoms with Gasteiger partial charge in [-0.1, -0.05) is 31.2 Å². The third kappa shape index (κ3) is 3.75. The molecule has 2 rings (SSSR count). The van der Waals surface area contributed by atoms with E-state index in [9.17, 15) is 5.11 Å². The summed E-state index contributed by atoms with van der Waals surface area (Å²) in [7, 11) is 1.65. The Hall–Kier alpha value is -2.00. The minimum atomic E-state index is -0.398. The second-order valence-electron chi connectivity index (χ2n) is 4.63. The zero-order chi connectivity index (χ0) is 14.4. The number of hydrogen-bond acceptors (Lipinski definition) is 3. The topological polar surface area (TPSA) is 38.7 Å². The van der Waals surface area contributed by atoms with Crippen molar-refractivity contribution in [2.24, 2.45) is 0 Å². The van der Waals surface area contributed by atoms with Gasteiger partial charge in [0.1, 0.15) is 18.1 Å². The highest BCUT2D eigenvalue weighted by atomic mass is 16.5. The van der Waals surface area contributed by atoms with Gasteiger partial charge in [-0.05, 0) is 41.8 Å². The summed E-state index contributed by atoms with van der Waals surface area (Å²) in [5.41, 5.74) is 2.01. The number of methoxy groups -OCH3 is 1. The molecule has 0 saturated carbocycles. The smallest absolute Gasteiger partial charge is 0.119 e. The van der Waals surface area contributed by atoms with E-state index in [0.717, 1.165) is 22.6 Å². The Morgan fingerprint density at radius 1 is 0.950 bits per heavy atom. The van der Waals surface area contributed by atoms with Crippen LogP contribution in [0.3, 0.4) is 0 Å². The lowest BCUT2D eigenvalue weighted by atomic mass is 10.1. The molecule has 0 amide bonds. The number of rotatable bonds is 6. The summed E-state index contributed by atoms with van der Waals surface area (Å²) >= 11 is 0. The van der Waals surface area contributed by atoms with Crippen molar-refractivity contribution < 1.29 is 14.6 Å². The van der Waals surface area contributed by atoms with Crippen molar-refractivity contribution in [3.05, 3.63) is 59.7 Å². The Morgan fingerprint density at radius 2 is 1.55 bits per heavy atom. The highest BCUT2D eigenvalue weighted by molar-refractivity contribution is 5.30. The Kier molecular flexibility index (Phi) is 5.02. The molecule has 1 atom stereocenters. The minimum Gasteiger partial charge on any atom is -0.497 e. The predicted octanol–water partition coefficient (Wildman–Crippen LogP) is 3.72. The summed E-state index contributed by atoms with van der Waals surface area (Å²) in [6, 6.07) is 15.4. The molecule has 0 aliphatic rings. The molecule has 1 N–H and O–H groups in total. The molecule has 0 saturated heterocycles. The third-order valence-electron chi connectivity index (χ3n) is 3.22. The normalized spacial score (nSPS) is 11.9. The third-order valence-corrected chi connectivity index (χ3v) is 3.22. The minimum absolute atomic E-state index is 0.398. The standard InChI is InChI=1S/C17H20O3/c1-3-17(18)14-6-10-16(11-7-14)20-12-13-4-8-15(19-2)9-5-13/h4-11,17-18H,3,12H2,1-2H3/t17-/m1/s1. The van der Waals surface area contributed by atoms with Gasteiger partial charge >= 0.3 is 0 Å². The molecule has 0 radical (unpaired) electrons. The van der Waals surface area contributed by atoms with Gasteiger partial charge in [0.15, 0.2) is 0 Å². The first kappa shape index (κ1) is 14.4. The summed E-state index contributed by atoms with van der Waals surface area (Å²) in [5.74, 6) is 1.64. The van der Waals surface area contributed by atoms with E-state index in [0.29, 0.717) is 13.0 Å². The van der Waals surface area contributed by atoms with Gasteiger partial charge in [-0.2, -0.15) is 0 Å². The fraction of sp³-hybridized carbons (Fsp3) is 0.294. The SMILES string of the molecule is CC[C@@H](O)c1ccc(OCc2ccc(OC)cc2)cc1. The molecule has 0 unspecified atom stereocenters. The summed E-state index contributed by atoms with van der Waals surface area (Å²) in [6.45, 7) is 2.47. The van der Waals surface area contributed by atoms with Crippen LogP contribution in [-0.4, -0.2) is 12.2 Å². The first-order valence-corrected chi connectivity index (χ1v) is 6.76. The van der Waals surface area contributed by atoms with Gasteiger partial charge in [0.05, 0.1) is 13.2 Å². The van der Waals surface area contributed by atoms with Crippen LogP contribution in [0, 0.1) is 0 Å². The van der Waals surface area contributed by atoms with E-state index in [4.69, 9.17) is 9.47 Å². The predicted molar refractivity (Wildman–Crippen MR) is 79.0 cm³/mol. The molecule has 106 valence electrons. The molecule has 0 spiro atoms. The van der Waals surface area contributed by atoms with E-state index in [-0.39, 0.29) is 0 Å². The maximum absolute atomic E-state index is 9.72. The molecule has 0 bridgehead atoms. The van der Waals surface area contributed by atoms with Crippen LogP contribution in [0.4, 0.5) is 0 Å². The molecule has 3 heteroatoms. The van der Waals surface area contributed by atoms with E-state index in [1.165, 1.54) is 0 Å². The lowest BCUT2D eigenvalue weighted by Gasteiger charge is -2.10. The number of aliphatic hydroxyl groups is 1. The summed E-state index contributed by atoms with van der Waals surface area (Å²) in [4.78, 5) is 0. The number of hydrogen-bond donors (Lipinski definition) is 1. The summed E-state index contributed by atoms with van der Waals surface area (Å²) < 4.78 is 10.8. The van der Waals surface area contributed by atoms with Crippen LogP contribution in [0.25, 0.3) is 0 Å². The van der Waals surface area contributed by atoms with Crippen molar-refractivity contribution in [3.8, 4) is 11.5 Å². The first-order chi connectivity index (χ1) is 9.72. The summed E-state index contributed by atoms with van der Waals surface area (Å²) in [5, 5.41) is 9.72. The van der Waals surface area contributed by atoms with E-state index in [1.807, 2.05) is 55.5 Å². The lowest BCUT2D eigenvalue weighted by molar-refractivity contribution is 0.173.